The Bertz CT molecular complexity index is 400. The van der Waals surface area contributed by atoms with Gasteiger partial charge in [0.25, 0.3) is 0 Å². The first-order valence-electron chi connectivity index (χ1n) is 14.5. The van der Waals surface area contributed by atoms with Gasteiger partial charge in [-0.2, -0.15) is 0 Å². The first-order valence-corrected chi connectivity index (χ1v) is 14.5. The van der Waals surface area contributed by atoms with E-state index in [0.29, 0.717) is 13.0 Å². The summed E-state index contributed by atoms with van der Waals surface area (Å²) in [5, 5.41) is 0. The molecular weight excluding hydrogens is 392 g/mol. The predicted molar refractivity (Wildman–Crippen MR) is 142 cm³/mol. The Hall–Kier alpha value is -0.790. The van der Waals surface area contributed by atoms with Crippen LogP contribution in [0.4, 0.5) is 0 Å². The summed E-state index contributed by atoms with van der Waals surface area (Å²) in [6.07, 6.45) is 32.4. The highest BCUT2D eigenvalue weighted by atomic mass is 16.5. The van der Waals surface area contributed by atoms with Gasteiger partial charge in [0.2, 0.25) is 0 Å². The molecule has 0 saturated carbocycles. The largest absolute Gasteiger partial charge is 0.466 e. The third-order valence-electron chi connectivity index (χ3n) is 6.33. The Labute approximate surface area is 202 Å². The van der Waals surface area contributed by atoms with E-state index in [-0.39, 0.29) is 5.97 Å². The fourth-order valence-electron chi connectivity index (χ4n) is 4.14. The van der Waals surface area contributed by atoms with Crippen LogP contribution in [0.15, 0.2) is 12.2 Å². The highest BCUT2D eigenvalue weighted by Gasteiger charge is 2.02. The average Bonchev–Trinajstić information content (AvgIpc) is 2.77. The minimum Gasteiger partial charge on any atom is -0.466 e. The van der Waals surface area contributed by atoms with Gasteiger partial charge in [0, 0.05) is 6.42 Å². The maximum atomic E-state index is 11.8. The van der Waals surface area contributed by atoms with Crippen molar-refractivity contribution in [2.75, 3.05) is 6.61 Å². The van der Waals surface area contributed by atoms with Crippen LogP contribution >= 0.6 is 0 Å². The van der Waals surface area contributed by atoms with Gasteiger partial charge in [0.1, 0.15) is 0 Å². The molecule has 0 atom stereocenters. The zero-order chi connectivity index (χ0) is 23.5. The summed E-state index contributed by atoms with van der Waals surface area (Å²) in [5.74, 6) is 0.854. The molecule has 0 heterocycles. The molecule has 0 aliphatic carbocycles. The van der Waals surface area contributed by atoms with Crippen molar-refractivity contribution in [2.45, 2.75) is 162 Å². The first kappa shape index (κ1) is 31.2. The average molecular weight is 451 g/mol. The van der Waals surface area contributed by atoms with E-state index in [2.05, 4.69) is 32.9 Å². The standard InChI is InChI=1S/C30H58O2/c1-4-5-6-7-8-9-10-11-12-13-14-15-18-21-24-27-30(31)32-28-25-22-19-16-17-20-23-26-29(2)3/h11-12,29H,4-10,13-28H2,1-3H3. The summed E-state index contributed by atoms with van der Waals surface area (Å²) >= 11 is 0. The Balaban J connectivity index is 3.21. The second-order valence-electron chi connectivity index (χ2n) is 10.2. The van der Waals surface area contributed by atoms with Gasteiger partial charge in [-0.3, -0.25) is 4.79 Å². The number of esters is 1. The molecule has 190 valence electrons. The molecule has 0 aromatic rings. The SMILES string of the molecule is CCCCCCCCC=CCCCCCCCC(=O)OCCCCCCCCCC(C)C. The number of ether oxygens (including phenoxy) is 1. The van der Waals surface area contributed by atoms with Crippen molar-refractivity contribution in [1.82, 2.24) is 0 Å². The number of hydrogen-bond donors (Lipinski definition) is 0. The van der Waals surface area contributed by atoms with Gasteiger partial charge >= 0.3 is 5.97 Å². The van der Waals surface area contributed by atoms with Gasteiger partial charge in [-0.15, -0.1) is 0 Å². The number of allylic oxidation sites excluding steroid dienone is 2. The van der Waals surface area contributed by atoms with E-state index in [1.807, 2.05) is 0 Å². The van der Waals surface area contributed by atoms with E-state index in [9.17, 15) is 4.79 Å². The minimum absolute atomic E-state index is 0.0105. The number of carbonyl (C=O) groups excluding carboxylic acids is 1. The fourth-order valence-corrected chi connectivity index (χ4v) is 4.14. The Morgan fingerprint density at radius 1 is 0.625 bits per heavy atom. The van der Waals surface area contributed by atoms with Crippen molar-refractivity contribution in [2.24, 2.45) is 5.92 Å². The third-order valence-corrected chi connectivity index (χ3v) is 6.33. The summed E-state index contributed by atoms with van der Waals surface area (Å²) in [6, 6.07) is 0. The van der Waals surface area contributed by atoms with Crippen LogP contribution in [0.3, 0.4) is 0 Å². The van der Waals surface area contributed by atoms with Gasteiger partial charge in [-0.05, 0) is 44.4 Å². The molecule has 0 saturated heterocycles. The van der Waals surface area contributed by atoms with E-state index in [4.69, 9.17) is 4.74 Å². The lowest BCUT2D eigenvalue weighted by Crippen LogP contribution is -2.05. The van der Waals surface area contributed by atoms with Crippen molar-refractivity contribution in [3.63, 3.8) is 0 Å². The van der Waals surface area contributed by atoms with Crippen molar-refractivity contribution in [3.8, 4) is 0 Å². The molecule has 0 N–H and O–H groups in total. The molecule has 0 aliphatic heterocycles. The van der Waals surface area contributed by atoms with E-state index >= 15 is 0 Å². The van der Waals surface area contributed by atoms with Crippen LogP contribution in [0.1, 0.15) is 162 Å². The van der Waals surface area contributed by atoms with Crippen LogP contribution in [0, 0.1) is 5.92 Å². The molecule has 0 bridgehead atoms. The zero-order valence-electron chi connectivity index (χ0n) is 22.3. The van der Waals surface area contributed by atoms with E-state index < -0.39 is 0 Å². The molecule has 2 nitrogen and oxygen atoms in total. The van der Waals surface area contributed by atoms with Crippen LogP contribution in [0.5, 0.6) is 0 Å². The summed E-state index contributed by atoms with van der Waals surface area (Å²) in [6.45, 7) is 7.51. The molecule has 0 radical (unpaired) electrons. The third kappa shape index (κ3) is 27.2. The highest BCUT2D eigenvalue weighted by molar-refractivity contribution is 5.69. The van der Waals surface area contributed by atoms with Crippen LogP contribution in [0.2, 0.25) is 0 Å². The van der Waals surface area contributed by atoms with Crippen LogP contribution < -0.4 is 0 Å². The Morgan fingerprint density at radius 2 is 1.09 bits per heavy atom. The molecule has 0 aromatic heterocycles. The summed E-state index contributed by atoms with van der Waals surface area (Å²) in [4.78, 5) is 11.8. The molecule has 0 rings (SSSR count). The van der Waals surface area contributed by atoms with Gasteiger partial charge in [0.05, 0.1) is 6.61 Å². The summed E-state index contributed by atoms with van der Waals surface area (Å²) in [5.41, 5.74) is 0. The molecule has 0 fully saturated rings. The number of unbranched alkanes of at least 4 members (excludes halogenated alkanes) is 17. The van der Waals surface area contributed by atoms with Crippen molar-refractivity contribution >= 4 is 5.97 Å². The normalized spacial score (nSPS) is 11.6. The van der Waals surface area contributed by atoms with Gasteiger partial charge < -0.3 is 4.74 Å². The number of hydrogen-bond acceptors (Lipinski definition) is 2. The lowest BCUT2D eigenvalue weighted by atomic mass is 10.0. The topological polar surface area (TPSA) is 26.3 Å². The molecule has 0 spiro atoms. The van der Waals surface area contributed by atoms with Crippen molar-refractivity contribution < 1.29 is 9.53 Å². The minimum atomic E-state index is 0.0105. The highest BCUT2D eigenvalue weighted by Crippen LogP contribution is 2.13. The van der Waals surface area contributed by atoms with Crippen LogP contribution in [-0.2, 0) is 9.53 Å². The van der Waals surface area contributed by atoms with Gasteiger partial charge in [0.15, 0.2) is 0 Å². The molecule has 2 heteroatoms. The maximum absolute atomic E-state index is 11.8. The van der Waals surface area contributed by atoms with E-state index in [1.54, 1.807) is 0 Å². The molecule has 0 unspecified atom stereocenters. The molecule has 0 amide bonds. The fraction of sp³-hybridized carbons (Fsp3) is 0.900. The number of carbonyl (C=O) groups is 1. The molecule has 0 aliphatic rings. The van der Waals surface area contributed by atoms with Crippen molar-refractivity contribution in [3.05, 3.63) is 12.2 Å². The quantitative estimate of drug-likeness (QED) is 0.0785. The van der Waals surface area contributed by atoms with Gasteiger partial charge in [-0.1, -0.05) is 129 Å². The van der Waals surface area contributed by atoms with Crippen LogP contribution in [0.25, 0.3) is 0 Å². The predicted octanol–water partition coefficient (Wildman–Crippen LogP) is 10.3. The zero-order valence-corrected chi connectivity index (χ0v) is 22.3. The summed E-state index contributed by atoms with van der Waals surface area (Å²) in [7, 11) is 0. The Morgan fingerprint density at radius 3 is 1.66 bits per heavy atom. The van der Waals surface area contributed by atoms with E-state index in [0.717, 1.165) is 25.2 Å². The second-order valence-corrected chi connectivity index (χ2v) is 10.2. The molecule has 32 heavy (non-hydrogen) atoms. The van der Waals surface area contributed by atoms with Gasteiger partial charge in [-0.25, -0.2) is 0 Å². The lowest BCUT2D eigenvalue weighted by Gasteiger charge is -2.06. The molecular formula is C30H58O2. The number of rotatable bonds is 25. The lowest BCUT2D eigenvalue weighted by molar-refractivity contribution is -0.143. The van der Waals surface area contributed by atoms with Crippen molar-refractivity contribution in [1.29, 1.82) is 0 Å². The second kappa shape index (κ2) is 26.5. The van der Waals surface area contributed by atoms with Crippen LogP contribution in [-0.4, -0.2) is 12.6 Å². The van der Waals surface area contributed by atoms with E-state index in [1.165, 1.54) is 116 Å². The monoisotopic (exact) mass is 450 g/mol. The summed E-state index contributed by atoms with van der Waals surface area (Å²) < 4.78 is 5.38. The Kier molecular flexibility index (Phi) is 25.8. The molecule has 0 aromatic carbocycles. The first-order chi connectivity index (χ1) is 15.7. The maximum Gasteiger partial charge on any atom is 0.305 e. The smallest absolute Gasteiger partial charge is 0.305 e.